The first-order chi connectivity index (χ1) is 11.3. The topological polar surface area (TPSA) is 88.0 Å². The highest BCUT2D eigenvalue weighted by molar-refractivity contribution is 5.67. The van der Waals surface area contributed by atoms with Crippen LogP contribution < -0.4 is 10.1 Å². The van der Waals surface area contributed by atoms with Crippen molar-refractivity contribution in [2.24, 2.45) is 0 Å². The zero-order chi connectivity index (χ0) is 19.4. The molecule has 1 rings (SSSR count). The van der Waals surface area contributed by atoms with E-state index in [1.165, 1.54) is 6.07 Å². The lowest BCUT2D eigenvalue weighted by Gasteiger charge is -2.23. The zero-order valence-electron chi connectivity index (χ0n) is 14.3. The third-order valence-corrected chi connectivity index (χ3v) is 3.09. The molecule has 0 bridgehead atoms. The Morgan fingerprint density at radius 1 is 1.24 bits per heavy atom. The van der Waals surface area contributed by atoms with Crippen LogP contribution >= 0.6 is 0 Å². The standard InChI is InChI=1S/C16H22F3NO5/c1-15(2,3)25-14(23)20-8-11(21)13(22)9-5-6-12(24-4)10(7-9)16(17,18)19/h5-7,11,13,21-22H,8H2,1-4H3,(H,20,23). The van der Waals surface area contributed by atoms with Gasteiger partial charge in [-0.25, -0.2) is 4.79 Å². The van der Waals surface area contributed by atoms with Gasteiger partial charge in [0.1, 0.15) is 23.6 Å². The molecule has 0 fully saturated rings. The molecule has 0 heterocycles. The smallest absolute Gasteiger partial charge is 0.419 e. The quantitative estimate of drug-likeness (QED) is 0.747. The number of rotatable bonds is 5. The third-order valence-electron chi connectivity index (χ3n) is 3.09. The number of carbonyl (C=O) groups excluding carboxylic acids is 1. The summed E-state index contributed by atoms with van der Waals surface area (Å²) in [7, 11) is 1.10. The Morgan fingerprint density at radius 2 is 1.84 bits per heavy atom. The molecule has 1 aromatic rings. The molecule has 2 atom stereocenters. The maximum atomic E-state index is 13.0. The van der Waals surface area contributed by atoms with Gasteiger partial charge in [0, 0.05) is 6.54 Å². The number of nitrogens with one attached hydrogen (secondary N) is 1. The molecule has 0 saturated heterocycles. The average molecular weight is 365 g/mol. The average Bonchev–Trinajstić information content (AvgIpc) is 2.48. The van der Waals surface area contributed by atoms with Crippen LogP contribution in [0.3, 0.4) is 0 Å². The fourth-order valence-corrected chi connectivity index (χ4v) is 1.97. The Morgan fingerprint density at radius 3 is 2.32 bits per heavy atom. The van der Waals surface area contributed by atoms with Crippen molar-refractivity contribution in [2.45, 2.75) is 44.8 Å². The van der Waals surface area contributed by atoms with Crippen LogP contribution in [-0.4, -0.2) is 41.7 Å². The van der Waals surface area contributed by atoms with Crippen LogP contribution in [0, 0.1) is 0 Å². The van der Waals surface area contributed by atoms with E-state index in [9.17, 15) is 28.2 Å². The number of aliphatic hydroxyl groups is 2. The highest BCUT2D eigenvalue weighted by Gasteiger charge is 2.35. The van der Waals surface area contributed by atoms with E-state index in [0.29, 0.717) is 6.07 Å². The number of ether oxygens (including phenoxy) is 2. The second-order valence-electron chi connectivity index (χ2n) is 6.35. The first-order valence-electron chi connectivity index (χ1n) is 7.43. The number of amides is 1. The lowest BCUT2D eigenvalue weighted by atomic mass is 10.0. The summed E-state index contributed by atoms with van der Waals surface area (Å²) in [5, 5.41) is 22.2. The van der Waals surface area contributed by atoms with E-state index in [-0.39, 0.29) is 5.56 Å². The summed E-state index contributed by atoms with van der Waals surface area (Å²) in [5.74, 6) is -0.398. The van der Waals surface area contributed by atoms with E-state index in [1.54, 1.807) is 20.8 Å². The molecule has 6 nitrogen and oxygen atoms in total. The molecule has 25 heavy (non-hydrogen) atoms. The molecule has 1 aromatic carbocycles. The van der Waals surface area contributed by atoms with E-state index in [0.717, 1.165) is 13.2 Å². The second-order valence-corrected chi connectivity index (χ2v) is 6.35. The van der Waals surface area contributed by atoms with Crippen molar-refractivity contribution in [1.82, 2.24) is 5.32 Å². The first-order valence-corrected chi connectivity index (χ1v) is 7.43. The van der Waals surface area contributed by atoms with Gasteiger partial charge in [0.2, 0.25) is 0 Å². The van der Waals surface area contributed by atoms with Gasteiger partial charge < -0.3 is 25.0 Å². The number of alkyl carbamates (subject to hydrolysis) is 1. The molecular weight excluding hydrogens is 343 g/mol. The molecule has 0 aliphatic heterocycles. The van der Waals surface area contributed by atoms with Crippen molar-refractivity contribution >= 4 is 6.09 Å². The molecule has 9 heteroatoms. The minimum atomic E-state index is -4.68. The van der Waals surface area contributed by atoms with Crippen LogP contribution in [0.2, 0.25) is 0 Å². The van der Waals surface area contributed by atoms with Crippen LogP contribution in [0.25, 0.3) is 0 Å². The number of hydrogen-bond acceptors (Lipinski definition) is 5. The number of benzene rings is 1. The van der Waals surface area contributed by atoms with Crippen molar-refractivity contribution < 1.29 is 37.7 Å². The summed E-state index contributed by atoms with van der Waals surface area (Å²) in [5.41, 5.74) is -1.98. The molecule has 0 aliphatic rings. The maximum Gasteiger partial charge on any atom is 0.419 e. The third kappa shape index (κ3) is 6.43. The van der Waals surface area contributed by atoms with Gasteiger partial charge >= 0.3 is 12.3 Å². The highest BCUT2D eigenvalue weighted by atomic mass is 19.4. The maximum absolute atomic E-state index is 13.0. The van der Waals surface area contributed by atoms with Crippen molar-refractivity contribution in [3.8, 4) is 5.75 Å². The van der Waals surface area contributed by atoms with Crippen molar-refractivity contribution in [2.75, 3.05) is 13.7 Å². The Hall–Kier alpha value is -2.00. The van der Waals surface area contributed by atoms with Gasteiger partial charge in [0.05, 0.1) is 12.7 Å². The summed E-state index contributed by atoms with van der Waals surface area (Å²) in [4.78, 5) is 11.5. The minimum absolute atomic E-state index is 0.161. The molecule has 142 valence electrons. The lowest BCUT2D eigenvalue weighted by molar-refractivity contribution is -0.138. The van der Waals surface area contributed by atoms with Crippen molar-refractivity contribution in [1.29, 1.82) is 0 Å². The summed E-state index contributed by atoms with van der Waals surface area (Å²) >= 11 is 0. The monoisotopic (exact) mass is 365 g/mol. The van der Waals surface area contributed by atoms with Gasteiger partial charge in [-0.05, 0) is 38.5 Å². The van der Waals surface area contributed by atoms with E-state index >= 15 is 0 Å². The van der Waals surface area contributed by atoms with Gasteiger partial charge in [-0.3, -0.25) is 0 Å². The molecule has 0 saturated carbocycles. The lowest BCUT2D eigenvalue weighted by Crippen LogP contribution is -2.38. The van der Waals surface area contributed by atoms with Crippen LogP contribution in [0.1, 0.15) is 38.0 Å². The number of aliphatic hydroxyl groups excluding tert-OH is 2. The number of alkyl halides is 3. The molecule has 2 unspecified atom stereocenters. The Kier molecular flexibility index (Phi) is 6.67. The zero-order valence-corrected chi connectivity index (χ0v) is 14.3. The summed E-state index contributed by atoms with van der Waals surface area (Å²) in [6, 6.07) is 2.95. The Labute approximate surface area is 143 Å². The second kappa shape index (κ2) is 7.92. The van der Waals surface area contributed by atoms with Crippen molar-refractivity contribution in [3.63, 3.8) is 0 Å². The van der Waals surface area contributed by atoms with Gasteiger partial charge in [-0.2, -0.15) is 13.2 Å². The molecular formula is C16H22F3NO5. The normalized spacial score (nSPS) is 14.6. The van der Waals surface area contributed by atoms with Gasteiger partial charge in [-0.15, -0.1) is 0 Å². The van der Waals surface area contributed by atoms with E-state index in [1.807, 2.05) is 0 Å². The predicted molar refractivity (Wildman–Crippen MR) is 83.2 cm³/mol. The highest BCUT2D eigenvalue weighted by Crippen LogP contribution is 2.37. The number of carbonyl (C=O) groups is 1. The molecule has 0 spiro atoms. The molecule has 0 radical (unpaired) electrons. The number of halogens is 3. The molecule has 0 aromatic heterocycles. The molecule has 0 aliphatic carbocycles. The Balaban J connectivity index is 2.82. The van der Waals surface area contributed by atoms with Crippen molar-refractivity contribution in [3.05, 3.63) is 29.3 Å². The Bertz CT molecular complexity index is 598. The van der Waals surface area contributed by atoms with Gasteiger partial charge in [0.15, 0.2) is 0 Å². The summed E-state index contributed by atoms with van der Waals surface area (Å²) in [6.45, 7) is 4.54. The van der Waals surface area contributed by atoms with Crippen LogP contribution in [-0.2, 0) is 10.9 Å². The van der Waals surface area contributed by atoms with E-state index < -0.39 is 47.9 Å². The van der Waals surface area contributed by atoms with E-state index in [4.69, 9.17) is 4.74 Å². The minimum Gasteiger partial charge on any atom is -0.496 e. The molecule has 1 amide bonds. The van der Waals surface area contributed by atoms with E-state index in [2.05, 4.69) is 10.1 Å². The largest absolute Gasteiger partial charge is 0.496 e. The van der Waals surface area contributed by atoms with Gasteiger partial charge in [0.25, 0.3) is 0 Å². The number of hydrogen-bond donors (Lipinski definition) is 3. The number of methoxy groups -OCH3 is 1. The fraction of sp³-hybridized carbons (Fsp3) is 0.562. The van der Waals surface area contributed by atoms with Gasteiger partial charge in [-0.1, -0.05) is 6.07 Å². The first kappa shape index (κ1) is 21.0. The summed E-state index contributed by atoms with van der Waals surface area (Å²) in [6.07, 6.45) is -8.66. The van der Waals surface area contributed by atoms with Crippen LogP contribution in [0.4, 0.5) is 18.0 Å². The fourth-order valence-electron chi connectivity index (χ4n) is 1.97. The van der Waals surface area contributed by atoms with Crippen LogP contribution in [0.15, 0.2) is 18.2 Å². The molecule has 3 N–H and O–H groups in total. The van der Waals surface area contributed by atoms with Crippen LogP contribution in [0.5, 0.6) is 5.75 Å². The SMILES string of the molecule is COc1ccc(C(O)C(O)CNC(=O)OC(C)(C)C)cc1C(F)(F)F. The predicted octanol–water partition coefficient (Wildman–Crippen LogP) is 2.63. The summed E-state index contributed by atoms with van der Waals surface area (Å²) < 4.78 is 48.6.